The summed E-state index contributed by atoms with van der Waals surface area (Å²) < 4.78 is 51.0. The summed E-state index contributed by atoms with van der Waals surface area (Å²) in [6.45, 7) is 4.51. The van der Waals surface area contributed by atoms with Crippen LogP contribution in [-0.4, -0.2) is 43.9 Å². The molecule has 1 aliphatic rings. The van der Waals surface area contributed by atoms with Crippen molar-refractivity contribution in [2.45, 2.75) is 39.5 Å². The van der Waals surface area contributed by atoms with Crippen LogP contribution in [0, 0.1) is 6.92 Å². The van der Waals surface area contributed by atoms with Crippen molar-refractivity contribution in [2.75, 3.05) is 18.6 Å². The predicted octanol–water partition coefficient (Wildman–Crippen LogP) is 5.90. The molecule has 0 spiro atoms. The molecular formula is C30H27F3N6O2. The first-order valence-electron chi connectivity index (χ1n) is 13.2. The lowest BCUT2D eigenvalue weighted by molar-refractivity contribution is -0.141. The molecule has 2 aromatic carbocycles. The number of methoxy groups -OCH3 is 1. The number of hydrogen-bond acceptors (Lipinski definition) is 5. The smallest absolute Gasteiger partial charge is 0.435 e. The zero-order valence-corrected chi connectivity index (χ0v) is 22.7. The number of alkyl halides is 3. The molecule has 210 valence electrons. The van der Waals surface area contributed by atoms with Crippen LogP contribution < -0.4 is 9.64 Å². The van der Waals surface area contributed by atoms with Crippen LogP contribution in [0.2, 0.25) is 0 Å². The number of anilines is 1. The summed E-state index contributed by atoms with van der Waals surface area (Å²) >= 11 is 0. The van der Waals surface area contributed by atoms with Crippen LogP contribution in [0.1, 0.15) is 39.8 Å². The Morgan fingerprint density at radius 3 is 2.59 bits per heavy atom. The first-order chi connectivity index (χ1) is 19.7. The minimum absolute atomic E-state index is 0.0285. The molecule has 0 radical (unpaired) electrons. The number of carbonyl (C=O) groups is 1. The van der Waals surface area contributed by atoms with E-state index in [1.807, 2.05) is 35.8 Å². The SMILES string of the molecule is CCn1cc(-c2cc(Cn3ccnc3)cc3c2CCN(c2cc(C)nc4ccc(OC)cc24)C3=O)c(C(F)(F)F)n1. The molecule has 0 aliphatic carbocycles. The second-order valence-corrected chi connectivity index (χ2v) is 10.0. The van der Waals surface area contributed by atoms with Crippen molar-refractivity contribution < 1.29 is 22.7 Å². The van der Waals surface area contributed by atoms with Crippen LogP contribution in [0.5, 0.6) is 5.75 Å². The summed E-state index contributed by atoms with van der Waals surface area (Å²) in [5, 5.41) is 4.59. The van der Waals surface area contributed by atoms with Crippen molar-refractivity contribution in [3.05, 3.63) is 89.4 Å². The van der Waals surface area contributed by atoms with Crippen molar-refractivity contribution in [2.24, 2.45) is 0 Å². The monoisotopic (exact) mass is 560 g/mol. The molecule has 41 heavy (non-hydrogen) atoms. The number of halogens is 3. The summed E-state index contributed by atoms with van der Waals surface area (Å²) in [5.74, 6) is 0.345. The second kappa shape index (κ2) is 10.1. The molecule has 8 nitrogen and oxygen atoms in total. The van der Waals surface area contributed by atoms with E-state index in [0.29, 0.717) is 53.2 Å². The molecule has 0 saturated heterocycles. The van der Waals surface area contributed by atoms with Gasteiger partial charge in [-0.05, 0) is 73.4 Å². The standard InChI is InChI=1S/C30H27F3N6O2/c1-4-38-16-25(28(36-38)30(31,32)33)22-12-19(15-37-10-8-34-17-37)13-23-21(22)7-9-39(29(23)40)27-11-18(2)35-26-6-5-20(41-3)14-24(26)27/h5-6,8,10-14,16-17H,4,7,9,15H2,1-3H3. The fourth-order valence-electron chi connectivity index (χ4n) is 5.47. The topological polar surface area (TPSA) is 78.1 Å². The Hall–Kier alpha value is -4.67. The maximum Gasteiger partial charge on any atom is 0.435 e. The van der Waals surface area contributed by atoms with Gasteiger partial charge in [0.15, 0.2) is 5.69 Å². The zero-order valence-electron chi connectivity index (χ0n) is 22.7. The normalized spacial score (nSPS) is 13.6. The van der Waals surface area contributed by atoms with Crippen LogP contribution in [0.25, 0.3) is 22.0 Å². The van der Waals surface area contributed by atoms with Gasteiger partial charge in [0, 0.05) is 60.4 Å². The second-order valence-electron chi connectivity index (χ2n) is 10.0. The maximum absolute atomic E-state index is 14.2. The molecule has 0 atom stereocenters. The molecule has 4 heterocycles. The minimum Gasteiger partial charge on any atom is -0.497 e. The van der Waals surface area contributed by atoms with Gasteiger partial charge < -0.3 is 14.2 Å². The third-order valence-corrected chi connectivity index (χ3v) is 7.35. The summed E-state index contributed by atoms with van der Waals surface area (Å²) in [4.78, 5) is 24.6. The maximum atomic E-state index is 14.2. The van der Waals surface area contributed by atoms with E-state index in [2.05, 4.69) is 15.1 Å². The fourth-order valence-corrected chi connectivity index (χ4v) is 5.47. The molecule has 0 bridgehead atoms. The van der Waals surface area contributed by atoms with E-state index in [-0.39, 0.29) is 18.0 Å². The summed E-state index contributed by atoms with van der Waals surface area (Å²) in [7, 11) is 1.57. The summed E-state index contributed by atoms with van der Waals surface area (Å²) in [5.41, 5.74) is 3.15. The van der Waals surface area contributed by atoms with Crippen LogP contribution >= 0.6 is 0 Å². The van der Waals surface area contributed by atoms with Crippen molar-refractivity contribution >= 4 is 22.5 Å². The van der Waals surface area contributed by atoms with Crippen LogP contribution in [0.15, 0.2) is 61.3 Å². The molecule has 1 amide bonds. The molecule has 0 fully saturated rings. The Morgan fingerprint density at radius 2 is 1.88 bits per heavy atom. The minimum atomic E-state index is -4.65. The van der Waals surface area contributed by atoms with Gasteiger partial charge in [0.05, 0.1) is 24.6 Å². The average Bonchev–Trinajstić information content (AvgIpc) is 3.63. The number of pyridine rings is 1. The van der Waals surface area contributed by atoms with E-state index >= 15 is 0 Å². The molecule has 3 aromatic heterocycles. The molecule has 6 rings (SSSR count). The number of rotatable bonds is 6. The third kappa shape index (κ3) is 4.81. The van der Waals surface area contributed by atoms with Crippen molar-refractivity contribution in [1.82, 2.24) is 24.3 Å². The number of aromatic nitrogens is 5. The third-order valence-electron chi connectivity index (χ3n) is 7.35. The van der Waals surface area contributed by atoms with E-state index in [0.717, 1.165) is 16.6 Å². The van der Waals surface area contributed by atoms with Gasteiger partial charge in [0.2, 0.25) is 0 Å². The number of benzene rings is 2. The molecule has 0 unspecified atom stereocenters. The van der Waals surface area contributed by atoms with Gasteiger partial charge in [-0.2, -0.15) is 18.3 Å². The fraction of sp³-hybridized carbons (Fsp3) is 0.267. The van der Waals surface area contributed by atoms with Crippen molar-refractivity contribution in [3.8, 4) is 16.9 Å². The van der Waals surface area contributed by atoms with Gasteiger partial charge in [-0.3, -0.25) is 14.5 Å². The number of aryl methyl sites for hydroxylation is 2. The van der Waals surface area contributed by atoms with Crippen LogP contribution in [-0.2, 0) is 25.7 Å². The van der Waals surface area contributed by atoms with E-state index in [4.69, 9.17) is 4.74 Å². The van der Waals surface area contributed by atoms with Gasteiger partial charge in [0.25, 0.3) is 5.91 Å². The van der Waals surface area contributed by atoms with Crippen LogP contribution in [0.3, 0.4) is 0 Å². The highest BCUT2D eigenvalue weighted by atomic mass is 19.4. The molecule has 0 N–H and O–H groups in total. The number of ether oxygens (including phenoxy) is 1. The Kier molecular flexibility index (Phi) is 6.51. The van der Waals surface area contributed by atoms with E-state index < -0.39 is 11.9 Å². The van der Waals surface area contributed by atoms with E-state index in [1.165, 1.54) is 10.9 Å². The first kappa shape index (κ1) is 26.5. The highest BCUT2D eigenvalue weighted by Crippen LogP contribution is 2.41. The molecule has 1 aliphatic heterocycles. The predicted molar refractivity (Wildman–Crippen MR) is 148 cm³/mol. The number of imidazole rings is 1. The highest BCUT2D eigenvalue weighted by molar-refractivity contribution is 6.13. The lowest BCUT2D eigenvalue weighted by Crippen LogP contribution is -2.38. The highest BCUT2D eigenvalue weighted by Gasteiger charge is 2.39. The Bertz CT molecular complexity index is 1780. The number of hydrogen-bond donors (Lipinski definition) is 0. The molecule has 5 aromatic rings. The Labute approximate surface area is 234 Å². The summed E-state index contributed by atoms with van der Waals surface area (Å²) in [6, 6.07) is 10.9. The van der Waals surface area contributed by atoms with Gasteiger partial charge >= 0.3 is 6.18 Å². The van der Waals surface area contributed by atoms with Gasteiger partial charge in [0.1, 0.15) is 5.75 Å². The molecule has 11 heteroatoms. The zero-order chi connectivity index (χ0) is 28.9. The van der Waals surface area contributed by atoms with E-state index in [1.54, 1.807) is 49.8 Å². The number of nitrogens with zero attached hydrogens (tertiary/aromatic N) is 6. The lowest BCUT2D eigenvalue weighted by atomic mass is 9.87. The quantitative estimate of drug-likeness (QED) is 0.258. The van der Waals surface area contributed by atoms with E-state index in [9.17, 15) is 18.0 Å². The largest absolute Gasteiger partial charge is 0.497 e. The lowest BCUT2D eigenvalue weighted by Gasteiger charge is -2.31. The van der Waals surface area contributed by atoms with Gasteiger partial charge in [-0.1, -0.05) is 0 Å². The first-order valence-corrected chi connectivity index (χ1v) is 13.2. The summed E-state index contributed by atoms with van der Waals surface area (Å²) in [6.07, 6.45) is 2.15. The number of amides is 1. The van der Waals surface area contributed by atoms with Crippen molar-refractivity contribution in [1.29, 1.82) is 0 Å². The van der Waals surface area contributed by atoms with Gasteiger partial charge in [-0.15, -0.1) is 0 Å². The van der Waals surface area contributed by atoms with Crippen molar-refractivity contribution in [3.63, 3.8) is 0 Å². The molecular weight excluding hydrogens is 533 g/mol. The average molecular weight is 561 g/mol. The molecule has 0 saturated carbocycles. The number of carbonyl (C=O) groups excluding carboxylic acids is 1. The number of fused-ring (bicyclic) bond motifs is 2. The Morgan fingerprint density at radius 1 is 1.07 bits per heavy atom. The van der Waals surface area contributed by atoms with Gasteiger partial charge in [-0.25, -0.2) is 4.98 Å². The Balaban J connectivity index is 1.53. The van der Waals surface area contributed by atoms with Crippen LogP contribution in [0.4, 0.5) is 18.9 Å².